The smallest absolute Gasteiger partial charge is 0.336 e. The van der Waals surface area contributed by atoms with Gasteiger partial charge < -0.3 is 5.11 Å². The fraction of sp³-hybridized carbons (Fsp3) is 0.200. The molecule has 4 heteroatoms. The molecule has 0 fully saturated rings. The average molecular weight is 190 g/mol. The molecular formula is C10H10N2O2. The zero-order chi connectivity index (χ0) is 10.3. The van der Waals surface area contributed by atoms with Crippen LogP contribution in [0.25, 0.3) is 10.9 Å². The monoisotopic (exact) mass is 190 g/mol. The lowest BCUT2D eigenvalue weighted by Gasteiger charge is -1.99. The van der Waals surface area contributed by atoms with Gasteiger partial charge in [-0.15, -0.1) is 0 Å². The first-order chi connectivity index (χ1) is 6.59. The van der Waals surface area contributed by atoms with Crippen molar-refractivity contribution in [3.63, 3.8) is 0 Å². The van der Waals surface area contributed by atoms with Gasteiger partial charge in [-0.05, 0) is 18.6 Å². The molecule has 0 aliphatic heterocycles. The number of carbonyl (C=O) groups is 1. The first kappa shape index (κ1) is 8.74. The fourth-order valence-electron chi connectivity index (χ4n) is 1.58. The molecule has 0 saturated heterocycles. The first-order valence-corrected chi connectivity index (χ1v) is 4.26. The largest absolute Gasteiger partial charge is 0.478 e. The van der Waals surface area contributed by atoms with Crippen molar-refractivity contribution in [2.24, 2.45) is 7.05 Å². The number of aromatic carboxylic acids is 1. The van der Waals surface area contributed by atoms with Gasteiger partial charge in [0, 0.05) is 18.6 Å². The minimum absolute atomic E-state index is 0.316. The minimum Gasteiger partial charge on any atom is -0.478 e. The van der Waals surface area contributed by atoms with E-state index in [2.05, 4.69) is 5.10 Å². The van der Waals surface area contributed by atoms with Crippen molar-refractivity contribution in [2.75, 3.05) is 0 Å². The van der Waals surface area contributed by atoms with Gasteiger partial charge in [-0.2, -0.15) is 5.10 Å². The molecule has 1 aromatic carbocycles. The maximum absolute atomic E-state index is 10.8. The molecule has 1 aromatic heterocycles. The lowest BCUT2D eigenvalue weighted by Crippen LogP contribution is -1.99. The topological polar surface area (TPSA) is 55.1 Å². The quantitative estimate of drug-likeness (QED) is 0.742. The van der Waals surface area contributed by atoms with E-state index in [0.717, 1.165) is 16.5 Å². The van der Waals surface area contributed by atoms with E-state index < -0.39 is 5.97 Å². The third-order valence-corrected chi connectivity index (χ3v) is 2.28. The second kappa shape index (κ2) is 2.83. The van der Waals surface area contributed by atoms with Crippen LogP contribution in [0.4, 0.5) is 0 Å². The average Bonchev–Trinajstić information content (AvgIpc) is 2.46. The lowest BCUT2D eigenvalue weighted by molar-refractivity contribution is 0.0696. The van der Waals surface area contributed by atoms with Gasteiger partial charge in [-0.3, -0.25) is 4.68 Å². The second-order valence-corrected chi connectivity index (χ2v) is 3.28. The Labute approximate surface area is 80.8 Å². The highest BCUT2D eigenvalue weighted by atomic mass is 16.4. The van der Waals surface area contributed by atoms with Crippen LogP contribution in [0.3, 0.4) is 0 Å². The summed E-state index contributed by atoms with van der Waals surface area (Å²) in [7, 11) is 1.82. The SMILES string of the molecule is Cc1c(C(=O)O)ccc2cn(C)nc12. The summed E-state index contributed by atoms with van der Waals surface area (Å²) in [5, 5.41) is 14.1. The molecular weight excluding hydrogens is 180 g/mol. The van der Waals surface area contributed by atoms with Crippen LogP contribution >= 0.6 is 0 Å². The maximum Gasteiger partial charge on any atom is 0.336 e. The standard InChI is InChI=1S/C10H10N2O2/c1-6-8(10(13)14)4-3-7-5-12(2)11-9(6)7/h3-5H,1-2H3,(H,13,14). The summed E-state index contributed by atoms with van der Waals surface area (Å²) in [5.74, 6) is -0.907. The number of carboxylic acid groups (broad SMARTS) is 1. The molecule has 0 saturated carbocycles. The fourth-order valence-corrected chi connectivity index (χ4v) is 1.58. The van der Waals surface area contributed by atoms with Crippen LogP contribution in [0.2, 0.25) is 0 Å². The van der Waals surface area contributed by atoms with E-state index in [1.807, 2.05) is 13.2 Å². The van der Waals surface area contributed by atoms with Crippen LogP contribution in [0.1, 0.15) is 15.9 Å². The zero-order valence-corrected chi connectivity index (χ0v) is 7.98. The molecule has 0 bridgehead atoms. The number of rotatable bonds is 1. The van der Waals surface area contributed by atoms with Crippen molar-refractivity contribution in [1.82, 2.24) is 9.78 Å². The lowest BCUT2D eigenvalue weighted by atomic mass is 10.1. The van der Waals surface area contributed by atoms with Gasteiger partial charge in [0.25, 0.3) is 0 Å². The molecule has 0 aliphatic rings. The number of hydrogen-bond acceptors (Lipinski definition) is 2. The normalized spacial score (nSPS) is 10.7. The van der Waals surface area contributed by atoms with Crippen LogP contribution in [-0.2, 0) is 7.05 Å². The van der Waals surface area contributed by atoms with Gasteiger partial charge in [0.15, 0.2) is 0 Å². The minimum atomic E-state index is -0.907. The number of hydrogen-bond donors (Lipinski definition) is 1. The molecule has 2 aromatic rings. The van der Waals surface area contributed by atoms with Crippen LogP contribution in [0.5, 0.6) is 0 Å². The highest BCUT2D eigenvalue weighted by Gasteiger charge is 2.11. The van der Waals surface area contributed by atoms with E-state index in [9.17, 15) is 4.79 Å². The number of nitrogens with zero attached hydrogens (tertiary/aromatic N) is 2. The van der Waals surface area contributed by atoms with E-state index >= 15 is 0 Å². The van der Waals surface area contributed by atoms with E-state index in [0.29, 0.717) is 5.56 Å². The third kappa shape index (κ3) is 1.16. The molecule has 1 heterocycles. The molecule has 0 atom stereocenters. The first-order valence-electron chi connectivity index (χ1n) is 4.26. The summed E-state index contributed by atoms with van der Waals surface area (Å²) in [6.07, 6.45) is 1.87. The second-order valence-electron chi connectivity index (χ2n) is 3.28. The third-order valence-electron chi connectivity index (χ3n) is 2.28. The molecule has 0 spiro atoms. The number of fused-ring (bicyclic) bond motifs is 1. The summed E-state index contributed by atoms with van der Waals surface area (Å²) in [6, 6.07) is 3.39. The molecule has 1 N–H and O–H groups in total. The van der Waals surface area contributed by atoms with Crippen LogP contribution in [0, 0.1) is 6.92 Å². The zero-order valence-electron chi connectivity index (χ0n) is 7.98. The predicted molar refractivity (Wildman–Crippen MR) is 52.4 cm³/mol. The molecule has 0 aliphatic carbocycles. The predicted octanol–water partition coefficient (Wildman–Crippen LogP) is 1.58. The summed E-state index contributed by atoms with van der Waals surface area (Å²) in [6.45, 7) is 1.78. The van der Waals surface area contributed by atoms with Crippen molar-refractivity contribution in [1.29, 1.82) is 0 Å². The Morgan fingerprint density at radius 3 is 2.86 bits per heavy atom. The van der Waals surface area contributed by atoms with Crippen molar-refractivity contribution in [2.45, 2.75) is 6.92 Å². The maximum atomic E-state index is 10.8. The number of aryl methyl sites for hydroxylation is 2. The van der Waals surface area contributed by atoms with Crippen molar-refractivity contribution >= 4 is 16.9 Å². The molecule has 0 radical (unpaired) electrons. The number of aromatic nitrogens is 2. The van der Waals surface area contributed by atoms with Gasteiger partial charge in [0.05, 0.1) is 11.1 Å². The van der Waals surface area contributed by atoms with Gasteiger partial charge in [-0.1, -0.05) is 6.07 Å². The molecule has 4 nitrogen and oxygen atoms in total. The van der Waals surface area contributed by atoms with E-state index in [-0.39, 0.29) is 0 Å². The molecule has 72 valence electrons. The number of carboxylic acids is 1. The highest BCUT2D eigenvalue weighted by molar-refractivity contribution is 5.96. The number of benzene rings is 1. The Balaban J connectivity index is 2.80. The van der Waals surface area contributed by atoms with E-state index in [4.69, 9.17) is 5.11 Å². The van der Waals surface area contributed by atoms with Gasteiger partial charge in [-0.25, -0.2) is 4.79 Å². The van der Waals surface area contributed by atoms with Crippen molar-refractivity contribution in [3.8, 4) is 0 Å². The highest BCUT2D eigenvalue weighted by Crippen LogP contribution is 2.19. The molecule has 2 rings (SSSR count). The Morgan fingerprint density at radius 2 is 2.21 bits per heavy atom. The Morgan fingerprint density at radius 1 is 1.50 bits per heavy atom. The molecule has 0 amide bonds. The van der Waals surface area contributed by atoms with Crippen LogP contribution < -0.4 is 0 Å². The Hall–Kier alpha value is -1.84. The summed E-state index contributed by atoms with van der Waals surface area (Å²) < 4.78 is 1.68. The van der Waals surface area contributed by atoms with E-state index in [1.165, 1.54) is 0 Å². The summed E-state index contributed by atoms with van der Waals surface area (Å²) in [5.41, 5.74) is 1.79. The van der Waals surface area contributed by atoms with Crippen molar-refractivity contribution < 1.29 is 9.90 Å². The summed E-state index contributed by atoms with van der Waals surface area (Å²) >= 11 is 0. The van der Waals surface area contributed by atoms with Gasteiger partial charge in [0.2, 0.25) is 0 Å². The Kier molecular flexibility index (Phi) is 1.77. The van der Waals surface area contributed by atoms with Gasteiger partial charge in [0.1, 0.15) is 0 Å². The Bertz CT molecular complexity index is 514. The van der Waals surface area contributed by atoms with E-state index in [1.54, 1.807) is 23.7 Å². The molecule has 0 unspecified atom stereocenters. The van der Waals surface area contributed by atoms with Crippen LogP contribution in [0.15, 0.2) is 18.3 Å². The van der Waals surface area contributed by atoms with Crippen molar-refractivity contribution in [3.05, 3.63) is 29.5 Å². The molecule has 14 heavy (non-hydrogen) atoms. The van der Waals surface area contributed by atoms with Gasteiger partial charge >= 0.3 is 5.97 Å². The summed E-state index contributed by atoms with van der Waals surface area (Å²) in [4.78, 5) is 10.8. The van der Waals surface area contributed by atoms with Crippen LogP contribution in [-0.4, -0.2) is 20.9 Å².